The molecule has 6 nitrogen and oxygen atoms in total. The summed E-state index contributed by atoms with van der Waals surface area (Å²) in [5, 5.41) is 10.7. The number of oxazole rings is 1. The molecule has 0 aliphatic carbocycles. The zero-order valence-electron chi connectivity index (χ0n) is 21.7. The van der Waals surface area contributed by atoms with Crippen LogP contribution < -0.4 is 4.74 Å². The molecule has 0 radical (unpaired) electrons. The normalized spacial score (nSPS) is 11.9. The number of pyridine rings is 1. The number of aromatic hydroxyl groups is 1. The van der Waals surface area contributed by atoms with E-state index in [4.69, 9.17) is 14.1 Å². The van der Waals surface area contributed by atoms with Crippen LogP contribution in [-0.2, 0) is 25.8 Å². The van der Waals surface area contributed by atoms with Crippen LogP contribution >= 0.6 is 0 Å². The van der Waals surface area contributed by atoms with Crippen molar-refractivity contribution in [2.75, 3.05) is 20.2 Å². The summed E-state index contributed by atoms with van der Waals surface area (Å²) in [5.74, 6) is 2.43. The van der Waals surface area contributed by atoms with E-state index < -0.39 is 0 Å². The molecule has 0 saturated carbocycles. The molecule has 0 unspecified atom stereocenters. The second kappa shape index (κ2) is 11.0. The first-order valence-electron chi connectivity index (χ1n) is 12.2. The molecule has 3 aromatic rings. The van der Waals surface area contributed by atoms with Gasteiger partial charge in [0.15, 0.2) is 0 Å². The van der Waals surface area contributed by atoms with E-state index in [0.29, 0.717) is 30.5 Å². The molecule has 0 aliphatic rings. The van der Waals surface area contributed by atoms with E-state index in [1.165, 1.54) is 0 Å². The first kappa shape index (κ1) is 25.8. The fraction of sp³-hybridized carbons (Fsp3) is 0.500. The number of phenols is 1. The molecule has 184 valence electrons. The van der Waals surface area contributed by atoms with Gasteiger partial charge in [0, 0.05) is 30.3 Å². The van der Waals surface area contributed by atoms with Crippen LogP contribution in [0.3, 0.4) is 0 Å². The van der Waals surface area contributed by atoms with E-state index in [0.717, 1.165) is 59.6 Å². The fourth-order valence-electron chi connectivity index (χ4n) is 3.96. The lowest BCUT2D eigenvalue weighted by Gasteiger charge is -2.20. The van der Waals surface area contributed by atoms with Gasteiger partial charge in [-0.3, -0.25) is 0 Å². The van der Waals surface area contributed by atoms with Crippen molar-refractivity contribution in [3.8, 4) is 23.1 Å². The minimum Gasteiger partial charge on any atom is -0.507 e. The molecule has 34 heavy (non-hydrogen) atoms. The Morgan fingerprint density at radius 2 is 1.85 bits per heavy atom. The molecule has 1 N–H and O–H groups in total. The molecule has 2 aromatic heterocycles. The SMILES string of the molecule is CCc1cc(-c2nc(CCOc3ncccc3CN(C)CC)c(C)o2)cc(CC(C)(C)C)c1O. The van der Waals surface area contributed by atoms with Crippen molar-refractivity contribution < 1.29 is 14.3 Å². The molecular formula is C28H39N3O3. The summed E-state index contributed by atoms with van der Waals surface area (Å²) < 4.78 is 12.1. The Kier molecular flexibility index (Phi) is 8.37. The topological polar surface area (TPSA) is 71.6 Å². The van der Waals surface area contributed by atoms with Crippen molar-refractivity contribution in [3.05, 3.63) is 58.6 Å². The molecule has 0 amide bonds. The molecule has 0 bridgehead atoms. The first-order valence-corrected chi connectivity index (χ1v) is 12.2. The maximum Gasteiger partial charge on any atom is 0.226 e. The number of rotatable bonds is 10. The molecule has 0 fully saturated rings. The highest BCUT2D eigenvalue weighted by molar-refractivity contribution is 5.61. The van der Waals surface area contributed by atoms with Crippen LogP contribution in [0.1, 0.15) is 62.8 Å². The Balaban J connectivity index is 1.76. The van der Waals surface area contributed by atoms with Gasteiger partial charge >= 0.3 is 0 Å². The number of benzene rings is 1. The Bertz CT molecular complexity index is 1100. The number of nitrogens with zero attached hydrogens (tertiary/aromatic N) is 3. The van der Waals surface area contributed by atoms with E-state index in [9.17, 15) is 5.11 Å². The third-order valence-electron chi connectivity index (χ3n) is 5.92. The summed E-state index contributed by atoms with van der Waals surface area (Å²) in [6.45, 7) is 14.9. The van der Waals surface area contributed by atoms with E-state index in [1.807, 2.05) is 32.0 Å². The third kappa shape index (κ3) is 6.60. The summed E-state index contributed by atoms with van der Waals surface area (Å²) in [6.07, 6.45) is 3.91. The predicted octanol–water partition coefficient (Wildman–Crippen LogP) is 5.97. The summed E-state index contributed by atoms with van der Waals surface area (Å²) in [4.78, 5) is 11.4. The number of aryl methyl sites for hydroxylation is 2. The van der Waals surface area contributed by atoms with Crippen LogP contribution in [-0.4, -0.2) is 40.2 Å². The predicted molar refractivity (Wildman–Crippen MR) is 136 cm³/mol. The van der Waals surface area contributed by atoms with E-state index in [2.05, 4.69) is 50.7 Å². The highest BCUT2D eigenvalue weighted by Gasteiger charge is 2.20. The quantitative estimate of drug-likeness (QED) is 0.397. The first-order chi connectivity index (χ1) is 16.1. The van der Waals surface area contributed by atoms with Gasteiger partial charge in [-0.2, -0.15) is 0 Å². The van der Waals surface area contributed by atoms with Crippen LogP contribution in [0.15, 0.2) is 34.9 Å². The molecule has 0 spiro atoms. The standard InChI is InChI=1S/C28H39N3O3/c1-8-20-15-22(16-23(25(20)32)17-28(4,5)6)27-30-24(19(3)34-27)12-14-33-26-21(11-10-13-29-26)18-31(7)9-2/h10-11,13,15-16,32H,8-9,12,14,17-18H2,1-7H3. The van der Waals surface area contributed by atoms with Gasteiger partial charge in [0.1, 0.15) is 11.5 Å². The Hall–Kier alpha value is -2.86. The van der Waals surface area contributed by atoms with Gasteiger partial charge < -0.3 is 19.2 Å². The van der Waals surface area contributed by atoms with Crippen molar-refractivity contribution in [1.29, 1.82) is 0 Å². The highest BCUT2D eigenvalue weighted by atomic mass is 16.5. The van der Waals surface area contributed by atoms with Crippen molar-refractivity contribution in [2.24, 2.45) is 5.41 Å². The fourth-order valence-corrected chi connectivity index (χ4v) is 3.96. The van der Waals surface area contributed by atoms with Crippen molar-refractivity contribution in [2.45, 2.75) is 67.3 Å². The molecule has 2 heterocycles. The van der Waals surface area contributed by atoms with E-state index in [1.54, 1.807) is 6.20 Å². The van der Waals surface area contributed by atoms with Crippen LogP contribution in [0.5, 0.6) is 11.6 Å². The largest absolute Gasteiger partial charge is 0.507 e. The van der Waals surface area contributed by atoms with Gasteiger partial charge in [-0.15, -0.1) is 0 Å². The van der Waals surface area contributed by atoms with Crippen LogP contribution in [0, 0.1) is 12.3 Å². The number of ether oxygens (including phenoxy) is 1. The molecule has 0 atom stereocenters. The molecule has 1 aromatic carbocycles. The Labute approximate surface area is 204 Å². The Morgan fingerprint density at radius 3 is 2.53 bits per heavy atom. The number of aromatic nitrogens is 2. The van der Waals surface area contributed by atoms with Gasteiger partial charge in [0.2, 0.25) is 11.8 Å². The summed E-state index contributed by atoms with van der Waals surface area (Å²) in [6, 6.07) is 7.99. The van der Waals surface area contributed by atoms with E-state index >= 15 is 0 Å². The average Bonchev–Trinajstić information content (AvgIpc) is 3.15. The number of hydrogen-bond donors (Lipinski definition) is 1. The minimum atomic E-state index is 0.0619. The highest BCUT2D eigenvalue weighted by Crippen LogP contribution is 2.35. The van der Waals surface area contributed by atoms with Crippen LogP contribution in [0.4, 0.5) is 0 Å². The monoisotopic (exact) mass is 465 g/mol. The zero-order chi connectivity index (χ0) is 24.9. The summed E-state index contributed by atoms with van der Waals surface area (Å²) >= 11 is 0. The van der Waals surface area contributed by atoms with Gasteiger partial charge in [0.25, 0.3) is 0 Å². The van der Waals surface area contributed by atoms with E-state index in [-0.39, 0.29) is 5.41 Å². The molecule has 6 heteroatoms. The second-order valence-electron chi connectivity index (χ2n) is 10.2. The van der Waals surface area contributed by atoms with Gasteiger partial charge in [-0.25, -0.2) is 9.97 Å². The molecule has 3 rings (SSSR count). The molecule has 0 aliphatic heterocycles. The van der Waals surface area contributed by atoms with Crippen molar-refractivity contribution >= 4 is 0 Å². The molecule has 0 saturated heterocycles. The summed E-state index contributed by atoms with van der Waals surface area (Å²) in [5.41, 5.74) is 4.76. The lowest BCUT2D eigenvalue weighted by atomic mass is 9.86. The smallest absolute Gasteiger partial charge is 0.226 e. The van der Waals surface area contributed by atoms with Gasteiger partial charge in [-0.1, -0.05) is 40.7 Å². The second-order valence-corrected chi connectivity index (χ2v) is 10.2. The van der Waals surface area contributed by atoms with Crippen molar-refractivity contribution in [3.63, 3.8) is 0 Å². The number of phenolic OH excluding ortho intramolecular Hbond substituents is 1. The zero-order valence-corrected chi connectivity index (χ0v) is 21.7. The van der Waals surface area contributed by atoms with Gasteiger partial charge in [-0.05, 0) is 68.1 Å². The maximum atomic E-state index is 10.7. The van der Waals surface area contributed by atoms with Gasteiger partial charge in [0.05, 0.1) is 12.3 Å². The minimum absolute atomic E-state index is 0.0619. The van der Waals surface area contributed by atoms with Crippen LogP contribution in [0.25, 0.3) is 11.5 Å². The molecular weight excluding hydrogens is 426 g/mol. The van der Waals surface area contributed by atoms with Crippen LogP contribution in [0.2, 0.25) is 0 Å². The third-order valence-corrected chi connectivity index (χ3v) is 5.92. The van der Waals surface area contributed by atoms with Crippen molar-refractivity contribution in [1.82, 2.24) is 14.9 Å². The maximum absolute atomic E-state index is 10.7. The number of hydrogen-bond acceptors (Lipinski definition) is 6. The lowest BCUT2D eigenvalue weighted by molar-refractivity contribution is 0.289. The summed E-state index contributed by atoms with van der Waals surface area (Å²) in [7, 11) is 2.08. The lowest BCUT2D eigenvalue weighted by Crippen LogP contribution is -2.18. The average molecular weight is 466 g/mol. The Morgan fingerprint density at radius 1 is 1.12 bits per heavy atom.